The third-order valence-corrected chi connectivity index (χ3v) is 4.16. The van der Waals surface area contributed by atoms with Crippen molar-refractivity contribution in [2.45, 2.75) is 26.3 Å². The minimum Gasteiger partial charge on any atom is -0.481 e. The molecule has 6 nitrogen and oxygen atoms in total. The molecule has 3 heterocycles. The molecule has 0 bridgehead atoms. The molecule has 0 aliphatic carbocycles. The van der Waals surface area contributed by atoms with Crippen molar-refractivity contribution in [1.82, 2.24) is 19.4 Å². The molecular formula is C17H22N4O2. The number of imidazole rings is 1. The van der Waals surface area contributed by atoms with Crippen LogP contribution >= 0.6 is 0 Å². The highest BCUT2D eigenvalue weighted by molar-refractivity contribution is 5.94. The first kappa shape index (κ1) is 15.5. The van der Waals surface area contributed by atoms with Gasteiger partial charge in [-0.15, -0.1) is 0 Å². The lowest BCUT2D eigenvalue weighted by Gasteiger charge is -2.39. The maximum atomic E-state index is 12.4. The van der Waals surface area contributed by atoms with Crippen molar-refractivity contribution in [1.29, 1.82) is 0 Å². The number of methoxy groups -OCH3 is 1. The molecule has 23 heavy (non-hydrogen) atoms. The van der Waals surface area contributed by atoms with Crippen molar-refractivity contribution in [2.75, 3.05) is 20.2 Å². The third kappa shape index (κ3) is 3.21. The van der Waals surface area contributed by atoms with E-state index in [0.29, 0.717) is 23.3 Å². The summed E-state index contributed by atoms with van der Waals surface area (Å²) in [7, 11) is 1.56. The predicted molar refractivity (Wildman–Crippen MR) is 86.5 cm³/mol. The van der Waals surface area contributed by atoms with Gasteiger partial charge in [0.05, 0.1) is 12.7 Å². The van der Waals surface area contributed by atoms with E-state index >= 15 is 0 Å². The summed E-state index contributed by atoms with van der Waals surface area (Å²) >= 11 is 0. The fourth-order valence-electron chi connectivity index (χ4n) is 2.92. The van der Waals surface area contributed by atoms with Gasteiger partial charge >= 0.3 is 0 Å². The number of carbonyl (C=O) groups is 1. The van der Waals surface area contributed by atoms with E-state index in [-0.39, 0.29) is 5.91 Å². The van der Waals surface area contributed by atoms with Gasteiger partial charge in [-0.2, -0.15) is 0 Å². The van der Waals surface area contributed by atoms with Crippen LogP contribution < -0.4 is 4.74 Å². The van der Waals surface area contributed by atoms with Crippen LogP contribution in [-0.4, -0.2) is 45.5 Å². The van der Waals surface area contributed by atoms with Gasteiger partial charge in [0.1, 0.15) is 5.82 Å². The molecule has 1 aliphatic rings. The van der Waals surface area contributed by atoms with Crippen LogP contribution in [0.25, 0.3) is 0 Å². The van der Waals surface area contributed by atoms with Gasteiger partial charge in [-0.25, -0.2) is 9.97 Å². The fraction of sp³-hybridized carbons (Fsp3) is 0.471. The van der Waals surface area contributed by atoms with Crippen LogP contribution in [0.5, 0.6) is 5.88 Å². The van der Waals surface area contributed by atoms with Gasteiger partial charge in [-0.1, -0.05) is 13.8 Å². The quantitative estimate of drug-likeness (QED) is 0.849. The van der Waals surface area contributed by atoms with E-state index in [1.165, 1.54) is 0 Å². The van der Waals surface area contributed by atoms with E-state index in [0.717, 1.165) is 25.5 Å². The summed E-state index contributed by atoms with van der Waals surface area (Å²) in [4.78, 5) is 22.7. The zero-order chi connectivity index (χ0) is 16.4. The van der Waals surface area contributed by atoms with Crippen LogP contribution in [-0.2, 0) is 6.54 Å². The zero-order valence-electron chi connectivity index (χ0n) is 13.8. The van der Waals surface area contributed by atoms with Gasteiger partial charge in [0.2, 0.25) is 5.88 Å². The Bertz CT molecular complexity index is 672. The summed E-state index contributed by atoms with van der Waals surface area (Å²) in [6.45, 7) is 6.76. The van der Waals surface area contributed by atoms with Gasteiger partial charge in [-0.3, -0.25) is 4.79 Å². The van der Waals surface area contributed by atoms with E-state index in [9.17, 15) is 4.79 Å². The Labute approximate surface area is 136 Å². The highest BCUT2D eigenvalue weighted by Crippen LogP contribution is 2.22. The molecule has 6 heteroatoms. The largest absolute Gasteiger partial charge is 0.481 e. The number of amides is 1. The molecule has 122 valence electrons. The maximum Gasteiger partial charge on any atom is 0.255 e. The second-order valence-electron chi connectivity index (χ2n) is 6.26. The number of hydrogen-bond acceptors (Lipinski definition) is 4. The first-order chi connectivity index (χ1) is 11.1. The molecule has 2 aromatic rings. The Kier molecular flexibility index (Phi) is 4.32. The van der Waals surface area contributed by atoms with Crippen LogP contribution in [0.1, 0.15) is 35.9 Å². The highest BCUT2D eigenvalue weighted by atomic mass is 16.5. The second-order valence-corrected chi connectivity index (χ2v) is 6.26. The maximum absolute atomic E-state index is 12.4. The first-order valence-corrected chi connectivity index (χ1v) is 7.89. The predicted octanol–water partition coefficient (Wildman–Crippen LogP) is 2.18. The number of aromatic nitrogens is 3. The third-order valence-electron chi connectivity index (χ3n) is 4.16. The molecule has 2 aromatic heterocycles. The molecule has 3 rings (SSSR count). The monoisotopic (exact) mass is 314 g/mol. The minimum atomic E-state index is 0.0334. The van der Waals surface area contributed by atoms with E-state index in [1.54, 1.807) is 25.4 Å². The molecule has 0 spiro atoms. The normalized spacial score (nSPS) is 14.9. The molecular weight excluding hydrogens is 292 g/mol. The lowest BCUT2D eigenvalue weighted by atomic mass is 9.98. The van der Waals surface area contributed by atoms with Crippen molar-refractivity contribution in [2.24, 2.45) is 5.92 Å². The molecule has 1 saturated heterocycles. The summed E-state index contributed by atoms with van der Waals surface area (Å²) in [6, 6.07) is 3.47. The van der Waals surface area contributed by atoms with Gasteiger partial charge in [-0.05, 0) is 6.07 Å². The smallest absolute Gasteiger partial charge is 0.255 e. The minimum absolute atomic E-state index is 0.0334. The Balaban J connectivity index is 1.56. The second kappa shape index (κ2) is 6.40. The average molecular weight is 314 g/mol. The van der Waals surface area contributed by atoms with Crippen LogP contribution in [0, 0.1) is 5.92 Å². The number of hydrogen-bond donors (Lipinski definition) is 0. The molecule has 0 saturated carbocycles. The van der Waals surface area contributed by atoms with Crippen molar-refractivity contribution >= 4 is 5.91 Å². The Morgan fingerprint density at radius 3 is 2.74 bits per heavy atom. The molecule has 1 fully saturated rings. The highest BCUT2D eigenvalue weighted by Gasteiger charge is 2.32. The summed E-state index contributed by atoms with van der Waals surface area (Å²) in [5.74, 6) is 2.55. The van der Waals surface area contributed by atoms with Gasteiger partial charge in [0, 0.05) is 56.1 Å². The van der Waals surface area contributed by atoms with Crippen molar-refractivity contribution < 1.29 is 9.53 Å². The molecule has 0 radical (unpaired) electrons. The van der Waals surface area contributed by atoms with Gasteiger partial charge < -0.3 is 14.2 Å². The summed E-state index contributed by atoms with van der Waals surface area (Å²) in [5.41, 5.74) is 0.606. The Morgan fingerprint density at radius 2 is 2.13 bits per heavy atom. The van der Waals surface area contributed by atoms with Crippen LogP contribution in [0.2, 0.25) is 0 Å². The molecule has 1 aliphatic heterocycles. The summed E-state index contributed by atoms with van der Waals surface area (Å²) in [6.07, 6.45) is 5.44. The molecule has 1 amide bonds. The number of likely N-dealkylation sites (tertiary alicyclic amines) is 1. The average Bonchev–Trinajstić information content (AvgIpc) is 2.98. The number of nitrogens with zero attached hydrogens (tertiary/aromatic N) is 4. The molecule has 0 atom stereocenters. The molecule has 0 unspecified atom stereocenters. The lowest BCUT2D eigenvalue weighted by Crippen LogP contribution is -2.51. The Hall–Kier alpha value is -2.37. The van der Waals surface area contributed by atoms with Gasteiger partial charge in [0.25, 0.3) is 5.91 Å². The topological polar surface area (TPSA) is 60.2 Å². The number of rotatable bonds is 5. The summed E-state index contributed by atoms with van der Waals surface area (Å²) in [5, 5.41) is 0. The zero-order valence-corrected chi connectivity index (χ0v) is 13.8. The van der Waals surface area contributed by atoms with Crippen LogP contribution in [0.4, 0.5) is 0 Å². The summed E-state index contributed by atoms with van der Waals surface area (Å²) < 4.78 is 7.21. The van der Waals surface area contributed by atoms with Gasteiger partial charge in [0.15, 0.2) is 0 Å². The van der Waals surface area contributed by atoms with Crippen molar-refractivity contribution in [3.63, 3.8) is 0 Å². The SMILES string of the molecule is COc1ccc(C(=O)N2CC(Cn3ccnc3C(C)C)C2)cn1. The molecule has 0 N–H and O–H groups in total. The standard InChI is InChI=1S/C17H22N4O2/c1-12(2)16-18-6-7-20(16)9-13-10-21(11-13)17(22)14-4-5-15(23-3)19-8-14/h4-8,12-13H,9-11H2,1-3H3. The van der Waals surface area contributed by atoms with Crippen LogP contribution in [0.15, 0.2) is 30.7 Å². The van der Waals surface area contributed by atoms with E-state index < -0.39 is 0 Å². The van der Waals surface area contributed by atoms with Crippen LogP contribution in [0.3, 0.4) is 0 Å². The van der Waals surface area contributed by atoms with Crippen molar-refractivity contribution in [3.05, 3.63) is 42.1 Å². The Morgan fingerprint density at radius 1 is 1.35 bits per heavy atom. The van der Waals surface area contributed by atoms with E-state index in [2.05, 4.69) is 28.4 Å². The molecule has 0 aromatic carbocycles. The number of carbonyl (C=O) groups excluding carboxylic acids is 1. The van der Waals surface area contributed by atoms with E-state index in [1.807, 2.05) is 17.3 Å². The number of pyridine rings is 1. The van der Waals surface area contributed by atoms with Crippen molar-refractivity contribution in [3.8, 4) is 5.88 Å². The fourth-order valence-corrected chi connectivity index (χ4v) is 2.92. The number of ether oxygens (including phenoxy) is 1. The van der Waals surface area contributed by atoms with E-state index in [4.69, 9.17) is 4.74 Å². The first-order valence-electron chi connectivity index (χ1n) is 7.89. The lowest BCUT2D eigenvalue weighted by molar-refractivity contribution is 0.0466.